The molecule has 0 saturated carbocycles. The molecule has 2 aromatic rings. The normalized spacial score (nSPS) is 10.4. The lowest BCUT2D eigenvalue weighted by Gasteiger charge is -2.02. The Kier molecular flexibility index (Phi) is 4.44. The molecule has 0 spiro atoms. The van der Waals surface area contributed by atoms with Crippen LogP contribution in [-0.4, -0.2) is 11.5 Å². The lowest BCUT2D eigenvalue weighted by Crippen LogP contribution is -2.15. The lowest BCUT2D eigenvalue weighted by atomic mass is 10.1. The minimum absolute atomic E-state index is 0.204. The molecule has 0 aliphatic heterocycles. The van der Waals surface area contributed by atoms with Gasteiger partial charge in [-0.05, 0) is 24.6 Å². The van der Waals surface area contributed by atoms with Crippen molar-refractivity contribution in [2.45, 2.75) is 13.0 Å². The fraction of sp³-hybridized carbons (Fsp3) is 0.231. The van der Waals surface area contributed by atoms with Crippen molar-refractivity contribution < 1.29 is 4.92 Å². The molecule has 0 amide bonds. The number of nitrogens with one attached hydrogen (secondary N) is 1. The summed E-state index contributed by atoms with van der Waals surface area (Å²) in [6.45, 7) is 1.56. The van der Waals surface area contributed by atoms with E-state index in [1.807, 2.05) is 18.2 Å². The number of thiophene rings is 1. The fourth-order valence-corrected chi connectivity index (χ4v) is 2.44. The topological polar surface area (TPSA) is 55.2 Å². The molecule has 0 aliphatic rings. The molecule has 0 bridgehead atoms. The highest BCUT2D eigenvalue weighted by atomic mass is 32.1. The molecule has 94 valence electrons. The monoisotopic (exact) mass is 262 g/mol. The number of hydrogen-bond donors (Lipinski definition) is 1. The number of rotatable bonds is 6. The van der Waals surface area contributed by atoms with Gasteiger partial charge in [0.1, 0.15) is 0 Å². The summed E-state index contributed by atoms with van der Waals surface area (Å²) >= 11 is 1.23. The van der Waals surface area contributed by atoms with Gasteiger partial charge in [-0.2, -0.15) is 0 Å². The Hall–Kier alpha value is -1.72. The van der Waals surface area contributed by atoms with Crippen molar-refractivity contribution in [1.82, 2.24) is 5.32 Å². The van der Waals surface area contributed by atoms with Gasteiger partial charge >= 0.3 is 5.00 Å². The van der Waals surface area contributed by atoms with Crippen LogP contribution in [0.1, 0.15) is 10.4 Å². The summed E-state index contributed by atoms with van der Waals surface area (Å²) < 4.78 is 0. The van der Waals surface area contributed by atoms with E-state index in [-0.39, 0.29) is 9.92 Å². The molecule has 1 heterocycles. The highest BCUT2D eigenvalue weighted by Crippen LogP contribution is 2.23. The summed E-state index contributed by atoms with van der Waals surface area (Å²) in [5.41, 5.74) is 1.29. The van der Waals surface area contributed by atoms with Crippen molar-refractivity contribution in [3.8, 4) is 0 Å². The van der Waals surface area contributed by atoms with Crippen LogP contribution in [0, 0.1) is 10.1 Å². The maximum Gasteiger partial charge on any atom is 0.324 e. The van der Waals surface area contributed by atoms with E-state index in [1.54, 1.807) is 12.1 Å². The maximum absolute atomic E-state index is 10.5. The third-order valence-electron chi connectivity index (χ3n) is 2.56. The van der Waals surface area contributed by atoms with Gasteiger partial charge in [0.2, 0.25) is 0 Å². The third-order valence-corrected chi connectivity index (χ3v) is 3.60. The van der Waals surface area contributed by atoms with Gasteiger partial charge in [0.25, 0.3) is 0 Å². The first-order valence-electron chi connectivity index (χ1n) is 5.73. The SMILES string of the molecule is O=[N+]([O-])c1ccc(CNCCc2ccccc2)s1. The molecule has 1 aromatic heterocycles. The average molecular weight is 262 g/mol. The Morgan fingerprint density at radius 1 is 1.17 bits per heavy atom. The number of nitrogens with zero attached hydrogens (tertiary/aromatic N) is 1. The van der Waals surface area contributed by atoms with Crippen LogP contribution in [-0.2, 0) is 13.0 Å². The van der Waals surface area contributed by atoms with Crippen molar-refractivity contribution >= 4 is 16.3 Å². The highest BCUT2D eigenvalue weighted by molar-refractivity contribution is 7.15. The second kappa shape index (κ2) is 6.28. The van der Waals surface area contributed by atoms with E-state index in [9.17, 15) is 10.1 Å². The fourth-order valence-electron chi connectivity index (χ4n) is 1.65. The van der Waals surface area contributed by atoms with Crippen LogP contribution < -0.4 is 5.32 Å². The van der Waals surface area contributed by atoms with E-state index in [2.05, 4.69) is 17.4 Å². The molecule has 0 fully saturated rings. The Labute approximate surface area is 109 Å². The molecule has 18 heavy (non-hydrogen) atoms. The third kappa shape index (κ3) is 3.65. The second-order valence-electron chi connectivity index (χ2n) is 3.91. The highest BCUT2D eigenvalue weighted by Gasteiger charge is 2.08. The van der Waals surface area contributed by atoms with Gasteiger partial charge in [0.05, 0.1) is 4.92 Å². The number of benzene rings is 1. The minimum atomic E-state index is -0.349. The van der Waals surface area contributed by atoms with E-state index in [1.165, 1.54) is 16.9 Å². The standard InChI is InChI=1S/C13H14N2O2S/c16-15(17)13-7-6-12(18-13)10-14-9-8-11-4-2-1-3-5-11/h1-7,14H,8-10H2. The van der Waals surface area contributed by atoms with Crippen LogP contribution in [0.4, 0.5) is 5.00 Å². The molecule has 5 heteroatoms. The molecule has 0 atom stereocenters. The van der Waals surface area contributed by atoms with Gasteiger partial charge in [0, 0.05) is 17.5 Å². The molecule has 1 N–H and O–H groups in total. The molecular formula is C13H14N2O2S. The first kappa shape index (κ1) is 12.7. The quantitative estimate of drug-likeness (QED) is 0.494. The van der Waals surface area contributed by atoms with Crippen LogP contribution in [0.5, 0.6) is 0 Å². The first-order valence-corrected chi connectivity index (χ1v) is 6.55. The number of nitro groups is 1. The van der Waals surface area contributed by atoms with E-state index in [4.69, 9.17) is 0 Å². The summed E-state index contributed by atoms with van der Waals surface area (Å²) in [5, 5.41) is 14.0. The van der Waals surface area contributed by atoms with Crippen LogP contribution in [0.25, 0.3) is 0 Å². The zero-order valence-corrected chi connectivity index (χ0v) is 10.7. The Morgan fingerprint density at radius 3 is 2.61 bits per heavy atom. The zero-order valence-electron chi connectivity index (χ0n) is 9.83. The van der Waals surface area contributed by atoms with Gasteiger partial charge < -0.3 is 5.32 Å². The van der Waals surface area contributed by atoms with Crippen molar-refractivity contribution in [3.05, 3.63) is 63.0 Å². The van der Waals surface area contributed by atoms with E-state index in [0.29, 0.717) is 6.54 Å². The van der Waals surface area contributed by atoms with Crippen molar-refractivity contribution in [1.29, 1.82) is 0 Å². The van der Waals surface area contributed by atoms with E-state index >= 15 is 0 Å². The predicted octanol–water partition coefficient (Wildman–Crippen LogP) is 2.99. The van der Waals surface area contributed by atoms with E-state index in [0.717, 1.165) is 17.8 Å². The van der Waals surface area contributed by atoms with Gasteiger partial charge in [-0.15, -0.1) is 0 Å². The second-order valence-corrected chi connectivity index (χ2v) is 5.06. The number of hydrogen-bond acceptors (Lipinski definition) is 4. The summed E-state index contributed by atoms with van der Waals surface area (Å²) in [7, 11) is 0. The van der Waals surface area contributed by atoms with Crippen LogP contribution in [0.3, 0.4) is 0 Å². The smallest absolute Gasteiger partial charge is 0.312 e. The molecule has 2 rings (SSSR count). The molecule has 0 unspecified atom stereocenters. The zero-order chi connectivity index (χ0) is 12.8. The maximum atomic E-state index is 10.5. The Morgan fingerprint density at radius 2 is 1.94 bits per heavy atom. The molecule has 4 nitrogen and oxygen atoms in total. The average Bonchev–Trinajstić information content (AvgIpc) is 2.85. The Balaban J connectivity index is 1.73. The van der Waals surface area contributed by atoms with Gasteiger partial charge in [-0.3, -0.25) is 10.1 Å². The largest absolute Gasteiger partial charge is 0.324 e. The van der Waals surface area contributed by atoms with Gasteiger partial charge in [-0.1, -0.05) is 41.7 Å². The van der Waals surface area contributed by atoms with Crippen molar-refractivity contribution in [2.24, 2.45) is 0 Å². The van der Waals surface area contributed by atoms with Gasteiger partial charge in [0.15, 0.2) is 0 Å². The van der Waals surface area contributed by atoms with Crippen LogP contribution in [0.2, 0.25) is 0 Å². The molecular weight excluding hydrogens is 248 g/mol. The summed E-state index contributed by atoms with van der Waals surface area (Å²) in [6.07, 6.45) is 0.967. The lowest BCUT2D eigenvalue weighted by molar-refractivity contribution is -0.380. The van der Waals surface area contributed by atoms with Crippen molar-refractivity contribution in [2.75, 3.05) is 6.54 Å². The van der Waals surface area contributed by atoms with Crippen LogP contribution in [0.15, 0.2) is 42.5 Å². The first-order chi connectivity index (χ1) is 8.75. The minimum Gasteiger partial charge on any atom is -0.312 e. The summed E-state index contributed by atoms with van der Waals surface area (Å²) in [4.78, 5) is 11.2. The summed E-state index contributed by atoms with van der Waals surface area (Å²) in [5.74, 6) is 0. The van der Waals surface area contributed by atoms with Gasteiger partial charge in [-0.25, -0.2) is 0 Å². The molecule has 0 saturated heterocycles. The van der Waals surface area contributed by atoms with Crippen LogP contribution >= 0.6 is 11.3 Å². The molecule has 1 aromatic carbocycles. The Bertz CT molecular complexity index is 511. The summed E-state index contributed by atoms with van der Waals surface area (Å²) in [6, 6.07) is 13.6. The van der Waals surface area contributed by atoms with Crippen molar-refractivity contribution in [3.63, 3.8) is 0 Å². The molecule has 0 aliphatic carbocycles. The molecule has 0 radical (unpaired) electrons. The van der Waals surface area contributed by atoms with E-state index < -0.39 is 0 Å². The predicted molar refractivity (Wildman–Crippen MR) is 72.8 cm³/mol.